The predicted molar refractivity (Wildman–Crippen MR) is 206 cm³/mol. The molecule has 0 spiro atoms. The van der Waals surface area contributed by atoms with E-state index >= 15 is 4.79 Å². The summed E-state index contributed by atoms with van der Waals surface area (Å²) in [6, 6.07) is 6.64. The zero-order valence-electron chi connectivity index (χ0n) is 35.9. The van der Waals surface area contributed by atoms with Crippen molar-refractivity contribution >= 4 is 35.8 Å². The van der Waals surface area contributed by atoms with E-state index in [0.717, 1.165) is 13.8 Å². The highest BCUT2D eigenvalue weighted by atomic mass is 16.7. The molecule has 17 heteroatoms. The fourth-order valence-electron chi connectivity index (χ4n) is 10.0. The zero-order chi connectivity index (χ0) is 44.7. The van der Waals surface area contributed by atoms with Crippen LogP contribution < -0.4 is 5.32 Å². The molecule has 1 aromatic carbocycles. The molecule has 6 rings (SSSR count). The first kappa shape index (κ1) is 45.1. The van der Waals surface area contributed by atoms with E-state index in [2.05, 4.69) is 5.32 Å². The van der Waals surface area contributed by atoms with Crippen LogP contribution in [0.2, 0.25) is 0 Å². The van der Waals surface area contributed by atoms with Gasteiger partial charge in [0.15, 0.2) is 29.9 Å². The second-order valence-electron chi connectivity index (χ2n) is 19.0. The number of hydrogen-bond acceptors (Lipinski definition) is 16. The number of carbonyl (C=O) groups is 6. The Labute approximate surface area is 348 Å². The highest BCUT2D eigenvalue weighted by molar-refractivity contribution is 5.95. The van der Waals surface area contributed by atoms with Gasteiger partial charge in [0.1, 0.15) is 29.5 Å². The summed E-state index contributed by atoms with van der Waals surface area (Å²) in [5, 5.41) is 39.2. The largest absolute Gasteiger partial charge is 0.456 e. The van der Waals surface area contributed by atoms with Gasteiger partial charge in [0.05, 0.1) is 35.6 Å². The minimum atomic E-state index is -2.38. The number of rotatable bonds is 7. The van der Waals surface area contributed by atoms with Crippen molar-refractivity contribution in [2.24, 2.45) is 22.2 Å². The van der Waals surface area contributed by atoms with Gasteiger partial charge in [-0.3, -0.25) is 14.4 Å². The first-order chi connectivity index (χ1) is 27.6. The molecular formula is C43H57NO16. The number of Topliss-reactive ketones (excluding diaryl/α,β-unsaturated/α-hetero) is 1. The summed E-state index contributed by atoms with van der Waals surface area (Å²) in [4.78, 5) is 83.0. The number of esters is 4. The highest BCUT2D eigenvalue weighted by Gasteiger charge is 2.78. The van der Waals surface area contributed by atoms with Crippen LogP contribution in [0, 0.1) is 22.2 Å². The average molecular weight is 844 g/mol. The number of ether oxygens (including phenoxy) is 7. The lowest BCUT2D eigenvalue weighted by molar-refractivity contribution is -0.346. The Balaban J connectivity index is 1.54. The topological polar surface area (TPSA) is 240 Å². The van der Waals surface area contributed by atoms with Crippen LogP contribution in [0.4, 0.5) is 4.79 Å². The first-order valence-electron chi connectivity index (χ1n) is 20.1. The first-order valence-corrected chi connectivity index (χ1v) is 20.1. The van der Waals surface area contributed by atoms with Gasteiger partial charge in [0, 0.05) is 37.5 Å². The molecule has 4 fully saturated rings. The van der Waals surface area contributed by atoms with Gasteiger partial charge in [-0.1, -0.05) is 45.9 Å². The monoisotopic (exact) mass is 843 g/mol. The van der Waals surface area contributed by atoms with Gasteiger partial charge >= 0.3 is 30.0 Å². The lowest BCUT2D eigenvalue weighted by atomic mass is 9.44. The maximum Gasteiger partial charge on any atom is 0.407 e. The quantitative estimate of drug-likeness (QED) is 0.175. The number of aliphatic hydroxyl groups excluding tert-OH is 2. The van der Waals surface area contributed by atoms with Crippen LogP contribution in [-0.2, 0) is 52.3 Å². The third-order valence-electron chi connectivity index (χ3n) is 13.4. The Morgan fingerprint density at radius 3 is 2.10 bits per heavy atom. The maximum absolute atomic E-state index is 15.5. The van der Waals surface area contributed by atoms with E-state index in [1.807, 2.05) is 0 Å². The van der Waals surface area contributed by atoms with E-state index in [-0.39, 0.29) is 29.7 Å². The van der Waals surface area contributed by atoms with Gasteiger partial charge in [-0.15, -0.1) is 0 Å². The van der Waals surface area contributed by atoms with Crippen LogP contribution in [0.1, 0.15) is 99.4 Å². The van der Waals surface area contributed by atoms with Crippen LogP contribution in [-0.4, -0.2) is 123 Å². The summed E-state index contributed by atoms with van der Waals surface area (Å²) in [6.07, 6.45) is -12.5. The summed E-state index contributed by atoms with van der Waals surface area (Å²) >= 11 is 0. The second-order valence-corrected chi connectivity index (χ2v) is 19.0. The Kier molecular flexibility index (Phi) is 11.4. The molecular weight excluding hydrogens is 786 g/mol. The molecule has 2 saturated carbocycles. The SMILES string of the molecule is CC(=O)O[C@H]1C(=O)[C@@]2(C)[C@H]([C@H](OC(=O)c3ccccc3)[C@]3(O)C[C@H](OC(=O)C4OC(O)C(C)(C)[C@H]4NC(=O)OC(C)(C)C)C(C)=C1C3(C)C)[C@]1(OC(C)=O)CO[C@@H]1C[C@@H]2O. The molecule has 0 radical (unpaired) electrons. The average Bonchev–Trinajstić information content (AvgIpc) is 3.35. The third-order valence-corrected chi connectivity index (χ3v) is 13.4. The van der Waals surface area contributed by atoms with Crippen LogP contribution in [0.15, 0.2) is 41.5 Å². The van der Waals surface area contributed by atoms with E-state index in [9.17, 15) is 39.3 Å². The van der Waals surface area contributed by atoms with Gasteiger partial charge in [0.25, 0.3) is 0 Å². The highest BCUT2D eigenvalue weighted by Crippen LogP contribution is 2.64. The molecule has 330 valence electrons. The van der Waals surface area contributed by atoms with E-state index in [1.54, 1.807) is 66.7 Å². The summed E-state index contributed by atoms with van der Waals surface area (Å²) in [5.74, 6) is -6.09. The number of alkyl carbamates (subject to hydrolysis) is 1. The molecule has 17 nitrogen and oxygen atoms in total. The molecule has 12 atom stereocenters. The lowest BCUT2D eigenvalue weighted by Crippen LogP contribution is -2.82. The van der Waals surface area contributed by atoms with Gasteiger partial charge in [-0.2, -0.15) is 0 Å². The van der Waals surface area contributed by atoms with Crippen LogP contribution >= 0.6 is 0 Å². The van der Waals surface area contributed by atoms with E-state index in [1.165, 1.54) is 26.0 Å². The number of ketones is 1. The van der Waals surface area contributed by atoms with Crippen LogP contribution in [0.25, 0.3) is 0 Å². The Morgan fingerprint density at radius 2 is 1.55 bits per heavy atom. The molecule has 2 unspecified atom stereocenters. The van der Waals surface area contributed by atoms with Crippen molar-refractivity contribution in [2.75, 3.05) is 6.61 Å². The summed E-state index contributed by atoms with van der Waals surface area (Å²) in [6.45, 7) is 16.1. The minimum absolute atomic E-state index is 0.00605. The zero-order valence-corrected chi connectivity index (χ0v) is 35.9. The molecule has 2 aliphatic heterocycles. The van der Waals surface area contributed by atoms with Crippen molar-refractivity contribution in [1.29, 1.82) is 0 Å². The number of carbonyl (C=O) groups excluding carboxylic acids is 6. The standard InChI is InChI=1S/C43H57NO16/c1-20-24(56-35(50)29-31(39(7,8)36(51)57-29)44-37(52)60-38(4,5)6)18-43(53)33(58-34(49)23-15-13-12-14-16-23)30-41(11,25(47)17-26-42(30,19-54-26)59-22(3)46)32(48)28(55-21(2)45)27(20)40(43,9)10/h12-16,24-26,28-31,33,36,47,51,53H,17-19H2,1-11H3,(H,44,52)/t24-,25-,26+,28+,29?,30-,31-,33-,36?,41+,42-,43+/m0/s1. The Morgan fingerprint density at radius 1 is 0.917 bits per heavy atom. The minimum Gasteiger partial charge on any atom is -0.456 e. The van der Waals surface area contributed by atoms with Crippen molar-refractivity contribution in [3.8, 4) is 0 Å². The fraction of sp³-hybridized carbons (Fsp3) is 0.674. The summed E-state index contributed by atoms with van der Waals surface area (Å²) in [7, 11) is 0. The number of benzene rings is 1. The van der Waals surface area contributed by atoms with Crippen LogP contribution in [0.3, 0.4) is 0 Å². The molecule has 1 amide bonds. The number of aliphatic hydroxyl groups is 3. The molecule has 5 aliphatic rings. The van der Waals surface area contributed by atoms with Crippen molar-refractivity contribution in [1.82, 2.24) is 5.32 Å². The molecule has 1 aromatic rings. The maximum atomic E-state index is 15.5. The van der Waals surface area contributed by atoms with Gasteiger partial charge in [-0.25, -0.2) is 14.4 Å². The molecule has 60 heavy (non-hydrogen) atoms. The van der Waals surface area contributed by atoms with Gasteiger partial charge < -0.3 is 53.8 Å². The van der Waals surface area contributed by atoms with Gasteiger partial charge in [0.2, 0.25) is 0 Å². The van der Waals surface area contributed by atoms with Crippen molar-refractivity contribution in [2.45, 2.75) is 155 Å². The lowest BCUT2D eigenvalue weighted by Gasteiger charge is -2.67. The summed E-state index contributed by atoms with van der Waals surface area (Å²) in [5.41, 5.74) is -9.75. The smallest absolute Gasteiger partial charge is 0.407 e. The molecule has 4 N–H and O–H groups in total. The number of hydrogen-bond donors (Lipinski definition) is 4. The molecule has 2 saturated heterocycles. The van der Waals surface area contributed by atoms with E-state index < -0.39 is 130 Å². The fourth-order valence-corrected chi connectivity index (χ4v) is 10.0. The Hall–Kier alpha value is -4.42. The Bertz CT molecular complexity index is 1970. The van der Waals surface area contributed by atoms with Crippen molar-refractivity contribution in [3.05, 3.63) is 47.0 Å². The predicted octanol–water partition coefficient (Wildman–Crippen LogP) is 2.84. The second kappa shape index (κ2) is 15.2. The number of amides is 1. The van der Waals surface area contributed by atoms with E-state index in [0.29, 0.717) is 0 Å². The normalized spacial score (nSPS) is 37.8. The van der Waals surface area contributed by atoms with Gasteiger partial charge in [-0.05, 0) is 57.9 Å². The van der Waals surface area contributed by atoms with Crippen molar-refractivity contribution < 1.29 is 77.2 Å². The molecule has 2 heterocycles. The molecule has 3 aliphatic carbocycles. The van der Waals surface area contributed by atoms with E-state index in [4.69, 9.17) is 33.2 Å². The number of nitrogens with one attached hydrogen (secondary N) is 1. The summed E-state index contributed by atoms with van der Waals surface area (Å²) < 4.78 is 41.4. The molecule has 0 aromatic heterocycles. The molecule has 2 bridgehead atoms. The van der Waals surface area contributed by atoms with Crippen LogP contribution in [0.5, 0.6) is 0 Å². The number of fused-ring (bicyclic) bond motifs is 5. The van der Waals surface area contributed by atoms with Crippen molar-refractivity contribution in [3.63, 3.8) is 0 Å². The third kappa shape index (κ3) is 7.19.